The molecule has 0 atom stereocenters. The number of nitrogens with two attached hydrogens (primary N) is 1. The summed E-state index contributed by atoms with van der Waals surface area (Å²) < 4.78 is 6.28. The van der Waals surface area contributed by atoms with Crippen LogP contribution in [-0.4, -0.2) is 14.9 Å². The zero-order valence-corrected chi connectivity index (χ0v) is 14.5. The second kappa shape index (κ2) is 5.29. The van der Waals surface area contributed by atoms with E-state index in [0.29, 0.717) is 6.54 Å². The van der Waals surface area contributed by atoms with Gasteiger partial charge in [0.2, 0.25) is 8.32 Å². The summed E-state index contributed by atoms with van der Waals surface area (Å²) in [6, 6.07) is 8.42. The first-order valence-electron chi connectivity index (χ1n) is 6.99. The minimum absolute atomic E-state index is 0.0233. The molecule has 0 bridgehead atoms. The molecule has 1 aromatic rings. The fraction of sp³-hybridized carbons (Fsp3) is 0.625. The van der Waals surface area contributed by atoms with E-state index < -0.39 is 8.32 Å². The van der Waals surface area contributed by atoms with Crippen LogP contribution in [0.25, 0.3) is 0 Å². The van der Waals surface area contributed by atoms with E-state index >= 15 is 0 Å². The molecule has 2 nitrogen and oxygen atoms in total. The Kier molecular flexibility index (Phi) is 4.53. The normalized spacial score (nSPS) is 13.5. The van der Waals surface area contributed by atoms with E-state index in [1.807, 2.05) is 0 Å². The molecule has 0 aromatic heterocycles. The SMILES string of the molecule is CC(C)(CN)c1ccc(O[Si](C)(C)C(C)(C)C)cc1. The van der Waals surface area contributed by atoms with E-state index in [-0.39, 0.29) is 10.5 Å². The van der Waals surface area contributed by atoms with E-state index in [1.54, 1.807) is 0 Å². The van der Waals surface area contributed by atoms with Crippen molar-refractivity contribution in [3.63, 3.8) is 0 Å². The Morgan fingerprint density at radius 3 is 1.84 bits per heavy atom. The van der Waals surface area contributed by atoms with Gasteiger partial charge in [-0.25, -0.2) is 0 Å². The maximum absolute atomic E-state index is 6.28. The molecule has 0 fully saturated rings. The van der Waals surface area contributed by atoms with Gasteiger partial charge in [0.1, 0.15) is 5.75 Å². The number of hydrogen-bond acceptors (Lipinski definition) is 2. The van der Waals surface area contributed by atoms with Gasteiger partial charge in [0.25, 0.3) is 0 Å². The predicted molar refractivity (Wildman–Crippen MR) is 86.3 cm³/mol. The van der Waals surface area contributed by atoms with Crippen LogP contribution in [0.2, 0.25) is 18.1 Å². The third-order valence-corrected chi connectivity index (χ3v) is 8.68. The zero-order valence-electron chi connectivity index (χ0n) is 13.5. The minimum atomic E-state index is -1.74. The van der Waals surface area contributed by atoms with Gasteiger partial charge < -0.3 is 10.2 Å². The van der Waals surface area contributed by atoms with Crippen molar-refractivity contribution in [1.82, 2.24) is 0 Å². The molecule has 3 heteroatoms. The van der Waals surface area contributed by atoms with E-state index in [4.69, 9.17) is 10.2 Å². The third-order valence-electron chi connectivity index (χ3n) is 4.33. The standard InChI is InChI=1S/C16H29NOSi/c1-15(2,3)19(6,7)18-14-10-8-13(9-11-14)16(4,5)12-17/h8-11H,12,17H2,1-7H3. The van der Waals surface area contributed by atoms with Crippen molar-refractivity contribution in [1.29, 1.82) is 0 Å². The Morgan fingerprint density at radius 1 is 1.00 bits per heavy atom. The third kappa shape index (κ3) is 3.83. The molecular weight excluding hydrogens is 250 g/mol. The first-order valence-corrected chi connectivity index (χ1v) is 9.90. The monoisotopic (exact) mass is 279 g/mol. The molecule has 0 radical (unpaired) electrons. The molecule has 0 saturated carbocycles. The van der Waals surface area contributed by atoms with Gasteiger partial charge in [0, 0.05) is 12.0 Å². The zero-order chi connectivity index (χ0) is 14.9. The lowest BCUT2D eigenvalue weighted by Crippen LogP contribution is -2.43. The van der Waals surface area contributed by atoms with Crippen LogP contribution >= 0.6 is 0 Å². The molecule has 1 rings (SSSR count). The van der Waals surface area contributed by atoms with Crippen molar-refractivity contribution in [3.05, 3.63) is 29.8 Å². The van der Waals surface area contributed by atoms with Crippen LogP contribution in [-0.2, 0) is 5.41 Å². The van der Waals surface area contributed by atoms with Gasteiger partial charge in [-0.2, -0.15) is 0 Å². The Hall–Kier alpha value is -0.803. The molecule has 0 amide bonds. The summed E-state index contributed by atoms with van der Waals surface area (Å²) in [7, 11) is -1.74. The van der Waals surface area contributed by atoms with Crippen LogP contribution in [0.1, 0.15) is 40.2 Å². The number of hydrogen-bond donors (Lipinski definition) is 1. The van der Waals surface area contributed by atoms with Crippen molar-refractivity contribution < 1.29 is 4.43 Å². The Morgan fingerprint density at radius 2 is 1.47 bits per heavy atom. The summed E-state index contributed by atoms with van der Waals surface area (Å²) in [6.45, 7) is 16.3. The first kappa shape index (κ1) is 16.3. The van der Waals surface area contributed by atoms with Crippen LogP contribution in [0.3, 0.4) is 0 Å². The molecule has 0 aliphatic heterocycles. The van der Waals surface area contributed by atoms with Crippen LogP contribution in [0.4, 0.5) is 0 Å². The molecule has 19 heavy (non-hydrogen) atoms. The number of benzene rings is 1. The lowest BCUT2D eigenvalue weighted by atomic mass is 9.85. The highest BCUT2D eigenvalue weighted by molar-refractivity contribution is 6.74. The summed E-state index contributed by atoms with van der Waals surface area (Å²) in [5.74, 6) is 0.975. The summed E-state index contributed by atoms with van der Waals surface area (Å²) in [6.07, 6.45) is 0. The highest BCUT2D eigenvalue weighted by Crippen LogP contribution is 2.37. The van der Waals surface area contributed by atoms with Gasteiger partial charge in [-0.3, -0.25) is 0 Å². The topological polar surface area (TPSA) is 35.2 Å². The van der Waals surface area contributed by atoms with Gasteiger partial charge in [-0.05, 0) is 35.8 Å². The molecule has 2 N–H and O–H groups in total. The fourth-order valence-corrected chi connectivity index (χ4v) is 2.57. The molecule has 108 valence electrons. The molecule has 0 unspecified atom stereocenters. The van der Waals surface area contributed by atoms with E-state index in [9.17, 15) is 0 Å². The first-order chi connectivity index (χ1) is 8.49. The van der Waals surface area contributed by atoms with Crippen molar-refractivity contribution in [2.24, 2.45) is 5.73 Å². The summed E-state index contributed by atoms with van der Waals surface area (Å²) >= 11 is 0. The van der Waals surface area contributed by atoms with Crippen molar-refractivity contribution in [2.75, 3.05) is 6.54 Å². The minimum Gasteiger partial charge on any atom is -0.544 e. The van der Waals surface area contributed by atoms with Gasteiger partial charge in [-0.1, -0.05) is 46.8 Å². The largest absolute Gasteiger partial charge is 0.544 e. The van der Waals surface area contributed by atoms with Crippen molar-refractivity contribution >= 4 is 8.32 Å². The van der Waals surface area contributed by atoms with Crippen LogP contribution in [0.5, 0.6) is 5.75 Å². The maximum Gasteiger partial charge on any atom is 0.250 e. The molecule has 0 aliphatic carbocycles. The van der Waals surface area contributed by atoms with Gasteiger partial charge in [0.05, 0.1) is 0 Å². The Labute approximate surface area is 119 Å². The van der Waals surface area contributed by atoms with Crippen molar-refractivity contribution in [2.45, 2.75) is 58.2 Å². The van der Waals surface area contributed by atoms with E-state index in [0.717, 1.165) is 5.75 Å². The number of rotatable bonds is 4. The highest BCUT2D eigenvalue weighted by atomic mass is 28.4. The molecular formula is C16H29NOSi. The van der Waals surface area contributed by atoms with E-state index in [2.05, 4.69) is 72.0 Å². The summed E-state index contributed by atoms with van der Waals surface area (Å²) in [5.41, 5.74) is 7.10. The lowest BCUT2D eigenvalue weighted by Gasteiger charge is -2.36. The molecule has 0 spiro atoms. The average Bonchev–Trinajstić information content (AvgIpc) is 2.27. The molecule has 1 aromatic carbocycles. The Balaban J connectivity index is 2.90. The average molecular weight is 279 g/mol. The maximum atomic E-state index is 6.28. The highest BCUT2D eigenvalue weighted by Gasteiger charge is 2.38. The predicted octanol–water partition coefficient (Wildman–Crippen LogP) is 4.31. The van der Waals surface area contributed by atoms with E-state index in [1.165, 1.54) is 5.56 Å². The van der Waals surface area contributed by atoms with Gasteiger partial charge >= 0.3 is 0 Å². The Bertz CT molecular complexity index is 415. The fourth-order valence-electron chi connectivity index (χ4n) is 1.54. The van der Waals surface area contributed by atoms with Crippen molar-refractivity contribution in [3.8, 4) is 5.75 Å². The van der Waals surface area contributed by atoms with Crippen LogP contribution in [0, 0.1) is 0 Å². The van der Waals surface area contributed by atoms with Crippen LogP contribution < -0.4 is 10.2 Å². The second-order valence-electron chi connectivity index (χ2n) is 7.47. The summed E-state index contributed by atoms with van der Waals surface area (Å²) in [4.78, 5) is 0. The summed E-state index contributed by atoms with van der Waals surface area (Å²) in [5, 5.41) is 0.224. The molecule has 0 saturated heterocycles. The molecule has 0 heterocycles. The van der Waals surface area contributed by atoms with Crippen LogP contribution in [0.15, 0.2) is 24.3 Å². The van der Waals surface area contributed by atoms with Gasteiger partial charge in [0.15, 0.2) is 0 Å². The second-order valence-corrected chi connectivity index (χ2v) is 12.2. The van der Waals surface area contributed by atoms with Gasteiger partial charge in [-0.15, -0.1) is 0 Å². The lowest BCUT2D eigenvalue weighted by molar-refractivity contribution is 0.490. The molecule has 0 aliphatic rings. The smallest absolute Gasteiger partial charge is 0.250 e. The quantitative estimate of drug-likeness (QED) is 0.834.